The van der Waals surface area contributed by atoms with Crippen LogP contribution in [0.2, 0.25) is 5.02 Å². The van der Waals surface area contributed by atoms with Crippen LogP contribution >= 0.6 is 27.5 Å². The predicted molar refractivity (Wildman–Crippen MR) is 126 cm³/mol. The van der Waals surface area contributed by atoms with Crippen LogP contribution in [0.25, 0.3) is 0 Å². The quantitative estimate of drug-likeness (QED) is 0.363. The van der Waals surface area contributed by atoms with Gasteiger partial charge in [0.1, 0.15) is 5.82 Å². The highest BCUT2D eigenvalue weighted by atomic mass is 79.9. The highest BCUT2D eigenvalue weighted by molar-refractivity contribution is 9.10. The zero-order valence-electron chi connectivity index (χ0n) is 17.4. The van der Waals surface area contributed by atoms with E-state index < -0.39 is 0 Å². The van der Waals surface area contributed by atoms with Gasteiger partial charge in [-0.25, -0.2) is 4.39 Å². The summed E-state index contributed by atoms with van der Waals surface area (Å²) in [4.78, 5) is 12.6. The molecule has 0 radical (unpaired) electrons. The molecule has 0 spiro atoms. The Balaban J connectivity index is 1.39. The highest BCUT2D eigenvalue weighted by Gasteiger charge is 2.11. The first-order chi connectivity index (χ1) is 15.3. The number of amides is 1. The lowest BCUT2D eigenvalue weighted by Gasteiger charge is -2.07. The maximum atomic E-state index is 13.2. The van der Waals surface area contributed by atoms with Crippen molar-refractivity contribution in [3.63, 3.8) is 0 Å². The molecule has 1 N–H and O–H groups in total. The van der Waals surface area contributed by atoms with E-state index in [2.05, 4.69) is 31.4 Å². The number of aryl methyl sites for hydroxylation is 1. The number of aromatic nitrogens is 4. The minimum Gasteiger partial charge on any atom is -0.305 e. The summed E-state index contributed by atoms with van der Waals surface area (Å²) in [5, 5.41) is 12.0. The first-order valence-electron chi connectivity index (χ1n) is 9.87. The molecule has 4 rings (SSSR count). The Labute approximate surface area is 198 Å². The molecule has 0 aliphatic heterocycles. The Morgan fingerprint density at radius 3 is 2.50 bits per heavy atom. The monoisotopic (exact) mass is 515 g/mol. The second-order valence-electron chi connectivity index (χ2n) is 7.43. The summed E-state index contributed by atoms with van der Waals surface area (Å²) in [7, 11) is 0. The van der Waals surface area contributed by atoms with E-state index in [-0.39, 0.29) is 11.7 Å². The summed E-state index contributed by atoms with van der Waals surface area (Å²) in [5.74, 6) is -0.221. The fraction of sp³-hybridized carbons (Fsp3) is 0.174. The summed E-state index contributed by atoms with van der Waals surface area (Å²) in [6.45, 7) is 4.95. The van der Waals surface area contributed by atoms with Crippen LogP contribution in [0.4, 0.5) is 10.2 Å². The molecule has 0 aliphatic rings. The number of halogens is 3. The molecule has 164 valence electrons. The standard InChI is InChI=1S/C23H20BrClFN5O/c1-14-22(24)15(2)31(28-14)12-16-3-5-17(6-4-16)23(32)27-21-9-10-30(29-21)13-18-7-8-19(26)11-20(18)25/h3-11H,12-13H2,1-2H3,(H,27,29,32). The van der Waals surface area contributed by atoms with Crippen LogP contribution in [0.5, 0.6) is 0 Å². The Morgan fingerprint density at radius 1 is 1.09 bits per heavy atom. The zero-order chi connectivity index (χ0) is 22.8. The minimum absolute atomic E-state index is 0.254. The molecule has 4 aromatic rings. The smallest absolute Gasteiger partial charge is 0.256 e. The van der Waals surface area contributed by atoms with Crippen molar-refractivity contribution in [2.45, 2.75) is 26.9 Å². The van der Waals surface area contributed by atoms with Crippen molar-refractivity contribution >= 4 is 39.3 Å². The number of rotatable bonds is 6. The van der Waals surface area contributed by atoms with Gasteiger partial charge in [0, 0.05) is 22.8 Å². The van der Waals surface area contributed by atoms with Gasteiger partial charge in [-0.3, -0.25) is 14.2 Å². The zero-order valence-corrected chi connectivity index (χ0v) is 19.8. The van der Waals surface area contributed by atoms with Crippen LogP contribution in [0, 0.1) is 19.7 Å². The largest absolute Gasteiger partial charge is 0.305 e. The molecule has 1 amide bonds. The molecule has 2 aromatic carbocycles. The number of hydrogen-bond acceptors (Lipinski definition) is 3. The van der Waals surface area contributed by atoms with Crippen molar-refractivity contribution in [2.24, 2.45) is 0 Å². The lowest BCUT2D eigenvalue weighted by atomic mass is 10.1. The van der Waals surface area contributed by atoms with Crippen LogP contribution in [-0.4, -0.2) is 25.5 Å². The third kappa shape index (κ3) is 4.92. The van der Waals surface area contributed by atoms with Crippen molar-refractivity contribution in [2.75, 3.05) is 5.32 Å². The summed E-state index contributed by atoms with van der Waals surface area (Å²) < 4.78 is 17.8. The third-order valence-corrected chi connectivity index (χ3v) is 6.57. The molecular formula is C23H20BrClFN5O. The fourth-order valence-corrected chi connectivity index (χ4v) is 3.80. The van der Waals surface area contributed by atoms with Crippen molar-refractivity contribution in [3.8, 4) is 0 Å². The van der Waals surface area contributed by atoms with Gasteiger partial charge in [0.2, 0.25) is 0 Å². The van der Waals surface area contributed by atoms with Gasteiger partial charge in [0.05, 0.1) is 29.0 Å². The van der Waals surface area contributed by atoms with Gasteiger partial charge >= 0.3 is 0 Å². The van der Waals surface area contributed by atoms with Crippen molar-refractivity contribution in [3.05, 3.63) is 98.1 Å². The summed E-state index contributed by atoms with van der Waals surface area (Å²) in [6, 6.07) is 13.3. The van der Waals surface area contributed by atoms with Gasteiger partial charge in [0.25, 0.3) is 5.91 Å². The van der Waals surface area contributed by atoms with E-state index in [4.69, 9.17) is 11.6 Å². The molecule has 0 unspecified atom stereocenters. The van der Waals surface area contributed by atoms with Gasteiger partial charge in [-0.15, -0.1) is 0 Å². The average molecular weight is 517 g/mol. The van der Waals surface area contributed by atoms with Gasteiger partial charge in [0.15, 0.2) is 5.82 Å². The fourth-order valence-electron chi connectivity index (χ4n) is 3.29. The minimum atomic E-state index is -0.388. The summed E-state index contributed by atoms with van der Waals surface area (Å²) in [6.07, 6.45) is 1.73. The van der Waals surface area contributed by atoms with Crippen molar-refractivity contribution in [1.82, 2.24) is 19.6 Å². The van der Waals surface area contributed by atoms with E-state index in [9.17, 15) is 9.18 Å². The molecule has 6 nitrogen and oxygen atoms in total. The first-order valence-corrected chi connectivity index (χ1v) is 11.0. The number of nitrogens with one attached hydrogen (secondary N) is 1. The molecular weight excluding hydrogens is 497 g/mol. The number of nitrogens with zero attached hydrogens (tertiary/aromatic N) is 4. The van der Waals surface area contributed by atoms with E-state index in [1.165, 1.54) is 12.1 Å². The highest BCUT2D eigenvalue weighted by Crippen LogP contribution is 2.21. The van der Waals surface area contributed by atoms with Crippen LogP contribution in [0.1, 0.15) is 32.9 Å². The van der Waals surface area contributed by atoms with Crippen LogP contribution in [0.3, 0.4) is 0 Å². The molecule has 9 heteroatoms. The number of anilines is 1. The number of carbonyl (C=O) groups is 1. The second-order valence-corrected chi connectivity index (χ2v) is 8.63. The molecule has 0 saturated carbocycles. The normalized spacial score (nSPS) is 11.0. The predicted octanol–water partition coefficient (Wildman–Crippen LogP) is 5.60. The molecule has 0 saturated heterocycles. The molecule has 0 atom stereocenters. The lowest BCUT2D eigenvalue weighted by molar-refractivity contribution is 0.102. The molecule has 0 fully saturated rings. The van der Waals surface area contributed by atoms with E-state index >= 15 is 0 Å². The van der Waals surface area contributed by atoms with Crippen molar-refractivity contribution < 1.29 is 9.18 Å². The second kappa shape index (κ2) is 9.26. The van der Waals surface area contributed by atoms with E-state index in [1.54, 1.807) is 35.1 Å². The maximum absolute atomic E-state index is 13.2. The Hall–Kier alpha value is -2.97. The van der Waals surface area contributed by atoms with Gasteiger partial charge in [-0.1, -0.05) is 29.8 Å². The van der Waals surface area contributed by atoms with E-state index in [0.717, 1.165) is 27.0 Å². The van der Waals surface area contributed by atoms with Crippen LogP contribution in [0.15, 0.2) is 59.2 Å². The molecule has 32 heavy (non-hydrogen) atoms. The molecule has 0 bridgehead atoms. The number of hydrogen-bond donors (Lipinski definition) is 1. The van der Waals surface area contributed by atoms with E-state index in [1.807, 2.05) is 30.7 Å². The number of carbonyl (C=O) groups excluding carboxylic acids is 1. The Bertz CT molecular complexity index is 1280. The van der Waals surface area contributed by atoms with Gasteiger partial charge < -0.3 is 5.32 Å². The maximum Gasteiger partial charge on any atom is 0.256 e. The molecule has 2 aromatic heterocycles. The van der Waals surface area contributed by atoms with Crippen LogP contribution in [-0.2, 0) is 13.1 Å². The average Bonchev–Trinajstić information content (AvgIpc) is 3.30. The Morgan fingerprint density at radius 2 is 1.84 bits per heavy atom. The summed E-state index contributed by atoms with van der Waals surface area (Å²) in [5.41, 5.74) is 4.31. The molecule has 0 aliphatic carbocycles. The first kappa shape index (κ1) is 22.2. The Kier molecular flexibility index (Phi) is 6.43. The summed E-state index contributed by atoms with van der Waals surface area (Å²) >= 11 is 9.61. The van der Waals surface area contributed by atoms with Crippen molar-refractivity contribution in [1.29, 1.82) is 0 Å². The third-order valence-electron chi connectivity index (χ3n) is 5.07. The lowest BCUT2D eigenvalue weighted by Crippen LogP contribution is -2.13. The SMILES string of the molecule is Cc1nn(Cc2ccc(C(=O)Nc3ccn(Cc4ccc(F)cc4Cl)n3)cc2)c(C)c1Br. The topological polar surface area (TPSA) is 64.7 Å². The molecule has 2 heterocycles. The van der Waals surface area contributed by atoms with E-state index in [0.29, 0.717) is 29.5 Å². The van der Waals surface area contributed by atoms with Gasteiger partial charge in [-0.2, -0.15) is 10.2 Å². The number of benzene rings is 2. The van der Waals surface area contributed by atoms with Gasteiger partial charge in [-0.05, 0) is 65.2 Å². The van der Waals surface area contributed by atoms with Crippen LogP contribution < -0.4 is 5.32 Å².